The summed E-state index contributed by atoms with van der Waals surface area (Å²) in [6.45, 7) is 0. The predicted octanol–water partition coefficient (Wildman–Crippen LogP) is 2.69. The maximum atomic E-state index is 5.94. The molecule has 0 radical (unpaired) electrons. The van der Waals surface area contributed by atoms with Gasteiger partial charge in [0, 0.05) is 16.7 Å². The minimum atomic E-state index is 0.0783. The highest BCUT2D eigenvalue weighted by Crippen LogP contribution is 2.26. The fourth-order valence-electron chi connectivity index (χ4n) is 1.97. The molecular weight excluding hydrogens is 242 g/mol. The summed E-state index contributed by atoms with van der Waals surface area (Å²) in [7, 11) is 1.93. The van der Waals surface area contributed by atoms with E-state index in [0.29, 0.717) is 5.82 Å². The molecule has 0 bridgehead atoms. The summed E-state index contributed by atoms with van der Waals surface area (Å²) in [5, 5.41) is 3.29. The molecule has 1 heterocycles. The lowest BCUT2D eigenvalue weighted by Crippen LogP contribution is -2.19. The number of rotatable bonds is 4. The average molecular weight is 259 g/mol. The van der Waals surface area contributed by atoms with Crippen LogP contribution in [0.25, 0.3) is 0 Å². The molecule has 3 N–H and O–H groups in total. The van der Waals surface area contributed by atoms with Gasteiger partial charge in [-0.05, 0) is 37.1 Å². The number of benzene rings is 1. The molecule has 0 saturated carbocycles. The molecule has 1 atom stereocenters. The summed E-state index contributed by atoms with van der Waals surface area (Å²) < 4.78 is 0. The first-order chi connectivity index (χ1) is 8.76. The van der Waals surface area contributed by atoms with Crippen molar-refractivity contribution in [1.29, 1.82) is 0 Å². The molecule has 18 heavy (non-hydrogen) atoms. The Hall–Kier alpha value is -1.52. The Bertz CT molecular complexity index is 511. The van der Waals surface area contributed by atoms with Crippen molar-refractivity contribution in [2.24, 2.45) is 0 Å². The molecule has 94 valence electrons. The Kier molecular flexibility index (Phi) is 4.23. The monoisotopic (exact) mass is 259 g/mol. The van der Waals surface area contributed by atoms with E-state index in [1.165, 1.54) is 10.5 Å². The topological polar surface area (TPSA) is 50.9 Å². The van der Waals surface area contributed by atoms with Gasteiger partial charge in [0.15, 0.2) is 0 Å². The molecule has 1 unspecified atom stereocenters. The van der Waals surface area contributed by atoms with Crippen LogP contribution in [-0.2, 0) is 0 Å². The Morgan fingerprint density at radius 1 is 1.22 bits per heavy atom. The van der Waals surface area contributed by atoms with Crippen LogP contribution in [0.2, 0.25) is 0 Å². The number of pyridine rings is 1. The number of thioether (sulfide) groups is 1. The highest BCUT2D eigenvalue weighted by Gasteiger charge is 2.14. The molecule has 0 saturated heterocycles. The summed E-state index contributed by atoms with van der Waals surface area (Å²) in [5.41, 5.74) is 8.14. The van der Waals surface area contributed by atoms with E-state index in [1.54, 1.807) is 18.0 Å². The Labute approximate surface area is 112 Å². The minimum Gasteiger partial charge on any atom is -0.383 e. The van der Waals surface area contributed by atoms with Gasteiger partial charge in [-0.15, -0.1) is 11.8 Å². The van der Waals surface area contributed by atoms with Crippen molar-refractivity contribution in [3.63, 3.8) is 0 Å². The van der Waals surface area contributed by atoms with Crippen LogP contribution in [0.15, 0.2) is 47.5 Å². The first-order valence-corrected chi connectivity index (χ1v) is 7.00. The number of hydrogen-bond donors (Lipinski definition) is 2. The predicted molar refractivity (Wildman–Crippen MR) is 77.8 cm³/mol. The molecule has 0 aliphatic heterocycles. The van der Waals surface area contributed by atoms with Crippen molar-refractivity contribution in [2.45, 2.75) is 10.9 Å². The van der Waals surface area contributed by atoms with Crippen molar-refractivity contribution >= 4 is 17.6 Å². The summed E-state index contributed by atoms with van der Waals surface area (Å²) in [6.07, 6.45) is 3.78. The smallest absolute Gasteiger partial charge is 0.128 e. The summed E-state index contributed by atoms with van der Waals surface area (Å²) >= 11 is 1.74. The van der Waals surface area contributed by atoms with Crippen LogP contribution in [0.3, 0.4) is 0 Å². The molecule has 3 nitrogen and oxygen atoms in total. The van der Waals surface area contributed by atoms with E-state index < -0.39 is 0 Å². The van der Waals surface area contributed by atoms with Gasteiger partial charge in [0.2, 0.25) is 0 Å². The number of hydrogen-bond acceptors (Lipinski definition) is 4. The number of aromatic nitrogens is 1. The second kappa shape index (κ2) is 5.89. The van der Waals surface area contributed by atoms with Gasteiger partial charge < -0.3 is 11.1 Å². The van der Waals surface area contributed by atoms with Gasteiger partial charge in [-0.25, -0.2) is 4.98 Å². The maximum absolute atomic E-state index is 5.94. The van der Waals surface area contributed by atoms with Gasteiger partial charge in [-0.1, -0.05) is 18.2 Å². The highest BCUT2D eigenvalue weighted by molar-refractivity contribution is 7.98. The zero-order chi connectivity index (χ0) is 13.0. The van der Waals surface area contributed by atoms with Crippen LogP contribution >= 0.6 is 11.8 Å². The van der Waals surface area contributed by atoms with Crippen LogP contribution in [0.4, 0.5) is 5.82 Å². The first kappa shape index (κ1) is 12.9. The van der Waals surface area contributed by atoms with E-state index in [1.807, 2.05) is 19.2 Å². The van der Waals surface area contributed by atoms with Crippen molar-refractivity contribution in [3.05, 3.63) is 53.7 Å². The molecule has 1 aromatic carbocycles. The molecule has 0 aliphatic rings. The van der Waals surface area contributed by atoms with Crippen LogP contribution in [-0.4, -0.2) is 18.3 Å². The van der Waals surface area contributed by atoms with E-state index in [4.69, 9.17) is 5.73 Å². The fraction of sp³-hybridized carbons (Fsp3) is 0.214. The normalized spacial score (nSPS) is 12.3. The van der Waals surface area contributed by atoms with Crippen LogP contribution < -0.4 is 11.1 Å². The number of nitrogens with one attached hydrogen (secondary N) is 1. The lowest BCUT2D eigenvalue weighted by atomic mass is 9.99. The molecule has 0 aliphatic carbocycles. The first-order valence-electron chi connectivity index (χ1n) is 5.78. The summed E-state index contributed by atoms with van der Waals surface area (Å²) in [5.74, 6) is 0.575. The minimum absolute atomic E-state index is 0.0783. The number of nitrogens with zero attached hydrogens (tertiary/aromatic N) is 1. The Balaban J connectivity index is 2.36. The van der Waals surface area contributed by atoms with Gasteiger partial charge in [0.1, 0.15) is 5.82 Å². The standard InChI is InChI=1S/C14H17N3S/c1-16-13(12-4-3-9-17-14(12)15)10-5-7-11(18-2)8-6-10/h3-9,13,16H,1-2H3,(H2,15,17). The zero-order valence-corrected chi connectivity index (χ0v) is 11.4. The number of anilines is 1. The molecule has 0 spiro atoms. The molecular formula is C14H17N3S. The van der Waals surface area contributed by atoms with E-state index in [0.717, 1.165) is 5.56 Å². The van der Waals surface area contributed by atoms with E-state index in [2.05, 4.69) is 40.8 Å². The third kappa shape index (κ3) is 2.66. The second-order valence-electron chi connectivity index (χ2n) is 3.97. The van der Waals surface area contributed by atoms with Crippen LogP contribution in [0.5, 0.6) is 0 Å². The zero-order valence-electron chi connectivity index (χ0n) is 10.6. The largest absolute Gasteiger partial charge is 0.383 e. The van der Waals surface area contributed by atoms with E-state index in [9.17, 15) is 0 Å². The summed E-state index contributed by atoms with van der Waals surface area (Å²) in [6, 6.07) is 12.5. The summed E-state index contributed by atoms with van der Waals surface area (Å²) in [4.78, 5) is 5.40. The lowest BCUT2D eigenvalue weighted by molar-refractivity contribution is 0.691. The third-order valence-electron chi connectivity index (χ3n) is 2.92. The van der Waals surface area contributed by atoms with E-state index in [-0.39, 0.29) is 6.04 Å². The Morgan fingerprint density at radius 3 is 2.50 bits per heavy atom. The fourth-order valence-corrected chi connectivity index (χ4v) is 2.38. The molecule has 0 amide bonds. The quantitative estimate of drug-likeness (QED) is 0.829. The number of nitrogen functional groups attached to an aromatic ring is 1. The van der Waals surface area contributed by atoms with Gasteiger partial charge in [0.05, 0.1) is 6.04 Å². The third-order valence-corrected chi connectivity index (χ3v) is 3.66. The van der Waals surface area contributed by atoms with E-state index >= 15 is 0 Å². The van der Waals surface area contributed by atoms with Gasteiger partial charge >= 0.3 is 0 Å². The lowest BCUT2D eigenvalue weighted by Gasteiger charge is -2.18. The maximum Gasteiger partial charge on any atom is 0.128 e. The van der Waals surface area contributed by atoms with Gasteiger partial charge in [-0.3, -0.25) is 0 Å². The highest BCUT2D eigenvalue weighted by atomic mass is 32.2. The molecule has 2 aromatic rings. The Morgan fingerprint density at radius 2 is 1.94 bits per heavy atom. The second-order valence-corrected chi connectivity index (χ2v) is 4.85. The van der Waals surface area contributed by atoms with Crippen LogP contribution in [0, 0.1) is 0 Å². The van der Waals surface area contributed by atoms with Crippen molar-refractivity contribution < 1.29 is 0 Å². The average Bonchev–Trinajstić information content (AvgIpc) is 2.42. The van der Waals surface area contributed by atoms with Crippen molar-refractivity contribution in [2.75, 3.05) is 19.0 Å². The molecule has 1 aromatic heterocycles. The van der Waals surface area contributed by atoms with Gasteiger partial charge in [-0.2, -0.15) is 0 Å². The van der Waals surface area contributed by atoms with Crippen molar-refractivity contribution in [3.8, 4) is 0 Å². The molecule has 0 fully saturated rings. The molecule has 2 rings (SSSR count). The van der Waals surface area contributed by atoms with Crippen molar-refractivity contribution in [1.82, 2.24) is 10.3 Å². The van der Waals surface area contributed by atoms with Crippen LogP contribution in [0.1, 0.15) is 17.2 Å². The van der Waals surface area contributed by atoms with Gasteiger partial charge in [0.25, 0.3) is 0 Å². The number of nitrogens with two attached hydrogens (primary N) is 1. The SMILES string of the molecule is CNC(c1ccc(SC)cc1)c1cccnc1N. The molecule has 4 heteroatoms.